The lowest BCUT2D eigenvalue weighted by molar-refractivity contribution is 0.260. The summed E-state index contributed by atoms with van der Waals surface area (Å²) in [6, 6.07) is 31.5. The summed E-state index contributed by atoms with van der Waals surface area (Å²) >= 11 is 10.3. The maximum atomic E-state index is 7.51. The van der Waals surface area contributed by atoms with Gasteiger partial charge in [-0.15, -0.1) is 45.3 Å². The summed E-state index contributed by atoms with van der Waals surface area (Å²) in [4.78, 5) is 4.82. The van der Waals surface area contributed by atoms with Gasteiger partial charge in [-0.05, 0) is 109 Å². The van der Waals surface area contributed by atoms with E-state index in [-0.39, 0.29) is 0 Å². The van der Waals surface area contributed by atoms with Crippen molar-refractivity contribution in [3.05, 3.63) is 96.1 Å². The first-order valence-corrected chi connectivity index (χ1v) is 45.0. The van der Waals surface area contributed by atoms with Gasteiger partial charge in [-0.25, -0.2) is 0 Å². The Labute approximate surface area is 635 Å². The van der Waals surface area contributed by atoms with Crippen molar-refractivity contribution in [3.8, 4) is 75.9 Å². The van der Waals surface area contributed by atoms with E-state index < -0.39 is 0 Å². The average Bonchev–Trinajstić information content (AvgIpc) is 1.53. The van der Waals surface area contributed by atoms with Gasteiger partial charge in [0, 0.05) is 38.3 Å². The molecule has 548 valence electrons. The number of unbranched alkanes of at least 4 members (excludes halogenated alkanes) is 30. The number of aromatic nitrogens is 4. The van der Waals surface area contributed by atoms with Gasteiger partial charge in [0.05, 0.1) is 72.1 Å². The van der Waals surface area contributed by atoms with Crippen LogP contribution >= 0.6 is 68.8 Å². The van der Waals surface area contributed by atoms with Crippen LogP contribution in [0.3, 0.4) is 0 Å². The van der Waals surface area contributed by atoms with E-state index in [2.05, 4.69) is 126 Å². The summed E-state index contributed by atoms with van der Waals surface area (Å²) in [5.74, 6) is 3.30. The van der Waals surface area contributed by atoms with Crippen LogP contribution in [-0.4, -0.2) is 43.9 Å². The Kier molecular flexibility index (Phi) is 32.0. The number of aryl methyl sites for hydroxylation is 2. The normalized spacial score (nSPS) is 11.9. The third kappa shape index (κ3) is 20.2. The molecule has 0 aliphatic heterocycles. The Morgan fingerprint density at radius 2 is 0.559 bits per heavy atom. The molecule has 0 fully saturated rings. The van der Waals surface area contributed by atoms with Crippen LogP contribution in [0.5, 0.6) is 23.0 Å². The summed E-state index contributed by atoms with van der Waals surface area (Å²) in [6.45, 7) is 16.3. The van der Waals surface area contributed by atoms with Crippen molar-refractivity contribution in [1.29, 1.82) is 0 Å². The Bertz CT molecular complexity index is 4170. The van der Waals surface area contributed by atoms with Crippen LogP contribution in [0.4, 0.5) is 0 Å². The van der Waals surface area contributed by atoms with E-state index in [1.807, 2.05) is 45.3 Å². The highest BCUT2D eigenvalue weighted by molar-refractivity contribution is 7.31. The molecule has 5 aromatic carbocycles. The van der Waals surface area contributed by atoms with E-state index in [1.165, 1.54) is 251 Å². The summed E-state index contributed by atoms with van der Waals surface area (Å²) in [6.07, 6.45) is 45.2. The fraction of sp³-hybridized carbons (Fsp3) is 0.545. The fourth-order valence-corrected chi connectivity index (χ4v) is 21.0. The minimum absolute atomic E-state index is 0.607. The first-order valence-electron chi connectivity index (χ1n) is 40.3. The molecule has 0 spiro atoms. The Morgan fingerprint density at radius 3 is 0.922 bits per heavy atom. The van der Waals surface area contributed by atoms with Crippen LogP contribution in [0.2, 0.25) is 0 Å². The second kappa shape index (κ2) is 42.0. The Hall–Kier alpha value is -5.48. The third-order valence-corrected chi connectivity index (χ3v) is 26.4. The molecular formula is C88H116N4O4S6. The zero-order valence-corrected chi connectivity index (χ0v) is 67.6. The molecule has 6 heterocycles. The van der Waals surface area contributed by atoms with Gasteiger partial charge < -0.3 is 18.9 Å². The van der Waals surface area contributed by atoms with Gasteiger partial charge >= 0.3 is 0 Å². The van der Waals surface area contributed by atoms with E-state index in [4.69, 9.17) is 36.4 Å². The predicted molar refractivity (Wildman–Crippen MR) is 449 cm³/mol. The van der Waals surface area contributed by atoms with Gasteiger partial charge in [-0.2, -0.15) is 17.5 Å². The topological polar surface area (TPSA) is 88.5 Å². The number of rotatable bonds is 51. The number of hydrogen-bond acceptors (Lipinski definition) is 14. The average molecular weight is 1490 g/mol. The quantitative estimate of drug-likeness (QED) is 0.0349. The van der Waals surface area contributed by atoms with Crippen LogP contribution in [0.15, 0.2) is 84.9 Å². The lowest BCUT2D eigenvalue weighted by Crippen LogP contribution is -2.06. The standard InChI is InChI=1S/C88H116N4O4S6/c1-7-13-19-25-31-43-53-65-67-59-72(76-80-79(89-101-90-80)75(64-51-41-38-42-52-64)83(93-55-45-33-27-21-15-9-3)84(76)94-56-46-34-28-22-16-10-4)99-87(67)66(54-44-32-26-20-14-8-2)68-60-73(100-88(65)68)77-81-82(92-102-91-81)78(74-62-71-70(98-74)61-69(97-71)63-49-39-37-40-50-63)86(96-58-48-36-30-24-18-12-6)85(77)95-57-47-35-29-23-17-11-5/h37-42,49-52,59-62H,7-36,43-48,53-58H2,1-6H3. The molecule has 0 atom stereocenters. The highest BCUT2D eigenvalue weighted by Crippen LogP contribution is 2.58. The molecule has 0 radical (unpaired) electrons. The maximum Gasteiger partial charge on any atom is 0.172 e. The van der Waals surface area contributed by atoms with E-state index in [0.29, 0.717) is 26.4 Å². The first-order chi connectivity index (χ1) is 50.5. The highest BCUT2D eigenvalue weighted by atomic mass is 32.1. The second-order valence-electron chi connectivity index (χ2n) is 28.6. The van der Waals surface area contributed by atoms with Crippen LogP contribution in [0.25, 0.3) is 105 Å². The van der Waals surface area contributed by atoms with Crippen molar-refractivity contribution in [1.82, 2.24) is 17.5 Å². The van der Waals surface area contributed by atoms with Crippen molar-refractivity contribution in [3.63, 3.8) is 0 Å². The number of fused-ring (bicyclic) bond motifs is 5. The van der Waals surface area contributed by atoms with Crippen molar-refractivity contribution in [2.75, 3.05) is 26.4 Å². The summed E-state index contributed by atoms with van der Waals surface area (Å²) in [5.41, 5.74) is 12.9. The van der Waals surface area contributed by atoms with Crippen molar-refractivity contribution in [2.24, 2.45) is 0 Å². The van der Waals surface area contributed by atoms with Crippen LogP contribution in [0, 0.1) is 0 Å². The van der Waals surface area contributed by atoms with Crippen LogP contribution < -0.4 is 18.9 Å². The van der Waals surface area contributed by atoms with Crippen LogP contribution in [-0.2, 0) is 12.8 Å². The zero-order chi connectivity index (χ0) is 70.5. The molecule has 6 aromatic heterocycles. The Morgan fingerprint density at radius 1 is 0.275 bits per heavy atom. The SMILES string of the molecule is CCCCCCCCOc1c(OCCCCCCCC)c(-c2cc3c(CCCCCCCC)c4sc(-c5c(OCCCCCCCC)c(OCCCCCCCC)c(-c6cc7sc(-c8ccccc8)cc7s6)c6nsnc56)cc4c(CCCCCCCC)c3s2)c2nsnc2c1-c1ccccc1. The van der Waals surface area contributed by atoms with Gasteiger partial charge in [0.15, 0.2) is 23.0 Å². The van der Waals surface area contributed by atoms with Crippen molar-refractivity contribution >= 4 is 120 Å². The van der Waals surface area contributed by atoms with Crippen molar-refractivity contribution < 1.29 is 18.9 Å². The highest BCUT2D eigenvalue weighted by Gasteiger charge is 2.33. The molecule has 0 unspecified atom stereocenters. The summed E-state index contributed by atoms with van der Waals surface area (Å²) in [7, 11) is 0. The van der Waals surface area contributed by atoms with E-state index in [9.17, 15) is 0 Å². The zero-order valence-electron chi connectivity index (χ0n) is 62.7. The second-order valence-corrected chi connectivity index (χ2v) is 33.9. The minimum Gasteiger partial charge on any atom is -0.489 e. The lowest BCUT2D eigenvalue weighted by Gasteiger charge is -2.20. The molecule has 0 bridgehead atoms. The third-order valence-electron chi connectivity index (χ3n) is 20.5. The molecule has 14 heteroatoms. The number of benzene rings is 5. The van der Waals surface area contributed by atoms with Crippen LogP contribution in [0.1, 0.15) is 284 Å². The van der Waals surface area contributed by atoms with Gasteiger partial charge in [-0.1, -0.05) is 295 Å². The molecule has 0 aliphatic carbocycles. The first kappa shape index (κ1) is 77.6. The molecular weight excluding hydrogens is 1370 g/mol. The van der Waals surface area contributed by atoms with Gasteiger partial charge in [0.2, 0.25) is 0 Å². The summed E-state index contributed by atoms with van der Waals surface area (Å²) in [5, 5.41) is 2.74. The van der Waals surface area contributed by atoms with E-state index in [0.717, 1.165) is 155 Å². The van der Waals surface area contributed by atoms with Gasteiger partial charge in [0.1, 0.15) is 22.1 Å². The number of thiophene rings is 4. The van der Waals surface area contributed by atoms with E-state index in [1.54, 1.807) is 0 Å². The number of hydrogen-bond donors (Lipinski definition) is 0. The number of nitrogens with zero attached hydrogens (tertiary/aromatic N) is 4. The predicted octanol–water partition coefficient (Wildman–Crippen LogP) is 30.5. The van der Waals surface area contributed by atoms with Crippen molar-refractivity contribution in [2.45, 2.75) is 286 Å². The molecule has 11 rings (SSSR count). The molecule has 0 N–H and O–H groups in total. The minimum atomic E-state index is 0.607. The fourth-order valence-electron chi connectivity index (χ4n) is 14.8. The molecule has 0 saturated carbocycles. The largest absolute Gasteiger partial charge is 0.489 e. The molecule has 0 saturated heterocycles. The maximum absolute atomic E-state index is 7.51. The monoisotopic (exact) mass is 1480 g/mol. The van der Waals surface area contributed by atoms with Gasteiger partial charge in [-0.3, -0.25) is 0 Å². The summed E-state index contributed by atoms with van der Waals surface area (Å²) < 4.78 is 56.2. The lowest BCUT2D eigenvalue weighted by atomic mass is 9.93. The Balaban J connectivity index is 1.12. The van der Waals surface area contributed by atoms with E-state index >= 15 is 0 Å². The molecule has 0 amide bonds. The number of ether oxygens (including phenoxy) is 4. The molecule has 11 aromatic rings. The molecule has 0 aliphatic rings. The molecule has 102 heavy (non-hydrogen) atoms. The van der Waals surface area contributed by atoms with Gasteiger partial charge in [0.25, 0.3) is 0 Å². The molecule has 8 nitrogen and oxygen atoms in total. The smallest absolute Gasteiger partial charge is 0.172 e.